The summed E-state index contributed by atoms with van der Waals surface area (Å²) in [5, 5.41) is 25.7. The molecule has 0 saturated carbocycles. The number of rotatable bonds is 7. The molecular weight excluding hydrogens is 473 g/mol. The maximum absolute atomic E-state index is 12.2. The SMILES string of the molecule is N=C(N)c1ccc(S(=O)(=O)NCC(=O)Nc2cccc(C(=O)O)c2)cc1.O=C(O)C(F)(F)F. The summed E-state index contributed by atoms with van der Waals surface area (Å²) in [5.41, 5.74) is 5.91. The Hall–Kier alpha value is -3.98. The standard InChI is InChI=1S/C16H16N4O5S.C2HF3O2/c17-15(18)10-4-6-13(7-5-10)26(24,25)19-9-14(21)20-12-3-1-2-11(8-12)16(22)23;3-2(4,5)1(6)7/h1-8,19H,9H2,(H3,17,18)(H,20,21)(H,22,23);(H,6,7). The van der Waals surface area contributed by atoms with Gasteiger partial charge >= 0.3 is 18.1 Å². The van der Waals surface area contributed by atoms with Gasteiger partial charge in [-0.1, -0.05) is 6.07 Å². The van der Waals surface area contributed by atoms with Crippen molar-refractivity contribution in [2.75, 3.05) is 11.9 Å². The molecule has 0 aliphatic carbocycles. The summed E-state index contributed by atoms with van der Waals surface area (Å²) in [6, 6.07) is 10.9. The molecule has 2 rings (SSSR count). The van der Waals surface area contributed by atoms with Gasteiger partial charge < -0.3 is 21.3 Å². The fourth-order valence-corrected chi connectivity index (χ4v) is 2.97. The zero-order valence-electron chi connectivity index (χ0n) is 16.4. The third-order valence-electron chi connectivity index (χ3n) is 3.53. The van der Waals surface area contributed by atoms with Crippen LogP contribution < -0.4 is 15.8 Å². The third-order valence-corrected chi connectivity index (χ3v) is 4.95. The Bertz CT molecular complexity index is 1150. The third kappa shape index (κ3) is 8.96. The number of amidine groups is 1. The number of nitrogen functional groups attached to an aromatic ring is 1. The predicted octanol–water partition coefficient (Wildman–Crippen LogP) is 1.22. The zero-order chi connectivity index (χ0) is 25.4. The summed E-state index contributed by atoms with van der Waals surface area (Å²) in [6.07, 6.45) is -5.08. The smallest absolute Gasteiger partial charge is 0.478 e. The number of nitrogens with one attached hydrogen (secondary N) is 3. The van der Waals surface area contributed by atoms with Crippen LogP contribution in [-0.4, -0.2) is 55.0 Å². The van der Waals surface area contributed by atoms with E-state index in [-0.39, 0.29) is 22.0 Å². The molecule has 0 aromatic heterocycles. The van der Waals surface area contributed by atoms with Crippen molar-refractivity contribution in [2.24, 2.45) is 5.73 Å². The van der Waals surface area contributed by atoms with Gasteiger partial charge in [0, 0.05) is 11.3 Å². The first-order valence-corrected chi connectivity index (χ1v) is 9.99. The summed E-state index contributed by atoms with van der Waals surface area (Å²) >= 11 is 0. The van der Waals surface area contributed by atoms with Gasteiger partial charge in [0.15, 0.2) is 0 Å². The highest BCUT2D eigenvalue weighted by Crippen LogP contribution is 2.13. The molecule has 11 nitrogen and oxygen atoms in total. The normalized spacial score (nSPS) is 11.0. The van der Waals surface area contributed by atoms with E-state index in [0.717, 1.165) is 0 Å². The number of carboxylic acids is 2. The largest absolute Gasteiger partial charge is 0.490 e. The number of carbonyl (C=O) groups excluding carboxylic acids is 1. The van der Waals surface area contributed by atoms with Crippen molar-refractivity contribution in [3.63, 3.8) is 0 Å². The molecule has 0 aliphatic heterocycles. The van der Waals surface area contributed by atoms with Crippen LogP contribution in [-0.2, 0) is 19.6 Å². The number of carbonyl (C=O) groups is 3. The Kier molecular flexibility index (Phi) is 9.06. The lowest BCUT2D eigenvalue weighted by Gasteiger charge is -2.09. The molecule has 178 valence electrons. The van der Waals surface area contributed by atoms with Crippen molar-refractivity contribution < 1.29 is 46.2 Å². The van der Waals surface area contributed by atoms with E-state index in [4.69, 9.17) is 26.2 Å². The number of nitrogens with two attached hydrogens (primary N) is 1. The lowest BCUT2D eigenvalue weighted by Crippen LogP contribution is -2.33. The fraction of sp³-hybridized carbons (Fsp3) is 0.111. The van der Waals surface area contributed by atoms with Gasteiger partial charge in [0.1, 0.15) is 5.84 Å². The number of halogens is 3. The second-order valence-electron chi connectivity index (χ2n) is 6.00. The van der Waals surface area contributed by atoms with Crippen LogP contribution in [0.25, 0.3) is 0 Å². The molecular formula is C18H17F3N4O7S. The number of amides is 1. The molecule has 2 aromatic rings. The summed E-state index contributed by atoms with van der Waals surface area (Å²) in [7, 11) is -3.93. The quantitative estimate of drug-likeness (QED) is 0.246. The Morgan fingerprint density at radius 2 is 1.55 bits per heavy atom. The van der Waals surface area contributed by atoms with E-state index in [0.29, 0.717) is 5.56 Å². The van der Waals surface area contributed by atoms with Crippen molar-refractivity contribution in [2.45, 2.75) is 11.1 Å². The summed E-state index contributed by atoms with van der Waals surface area (Å²) in [5.74, 6) is -4.75. The van der Waals surface area contributed by atoms with E-state index in [1.807, 2.05) is 0 Å². The predicted molar refractivity (Wildman–Crippen MR) is 108 cm³/mol. The minimum absolute atomic E-state index is 0.00561. The Morgan fingerprint density at radius 3 is 2.00 bits per heavy atom. The number of alkyl halides is 3. The minimum atomic E-state index is -5.08. The summed E-state index contributed by atoms with van der Waals surface area (Å²) < 4.78 is 58.2. The van der Waals surface area contributed by atoms with Gasteiger partial charge in [-0.15, -0.1) is 0 Å². The van der Waals surface area contributed by atoms with E-state index >= 15 is 0 Å². The molecule has 1 amide bonds. The molecule has 0 radical (unpaired) electrons. The van der Waals surface area contributed by atoms with Crippen LogP contribution in [0.4, 0.5) is 18.9 Å². The van der Waals surface area contributed by atoms with E-state index in [1.165, 1.54) is 48.5 Å². The molecule has 0 bridgehead atoms. The maximum Gasteiger partial charge on any atom is 0.490 e. The summed E-state index contributed by atoms with van der Waals surface area (Å²) in [4.78, 5) is 31.6. The van der Waals surface area contributed by atoms with E-state index in [1.54, 1.807) is 0 Å². The van der Waals surface area contributed by atoms with Gasteiger partial charge in [0.2, 0.25) is 15.9 Å². The second kappa shape index (κ2) is 11.1. The monoisotopic (exact) mass is 490 g/mol. The topological polar surface area (TPSA) is 200 Å². The van der Waals surface area contributed by atoms with Crippen LogP contribution in [0.2, 0.25) is 0 Å². The Balaban J connectivity index is 0.000000675. The Morgan fingerprint density at radius 1 is 1.00 bits per heavy atom. The number of hydrogen-bond donors (Lipinski definition) is 6. The van der Waals surface area contributed by atoms with Crippen LogP contribution in [0.1, 0.15) is 15.9 Å². The number of benzene rings is 2. The fourth-order valence-electron chi connectivity index (χ4n) is 1.99. The van der Waals surface area contributed by atoms with Crippen molar-refractivity contribution in [3.05, 3.63) is 59.7 Å². The average Bonchev–Trinajstić information content (AvgIpc) is 2.72. The number of hydrogen-bond acceptors (Lipinski definition) is 6. The molecule has 0 aliphatic rings. The highest BCUT2D eigenvalue weighted by atomic mass is 32.2. The van der Waals surface area contributed by atoms with Gasteiger partial charge in [-0.3, -0.25) is 10.2 Å². The zero-order valence-corrected chi connectivity index (χ0v) is 17.2. The first-order chi connectivity index (χ1) is 15.1. The van der Waals surface area contributed by atoms with Gasteiger partial charge in [-0.25, -0.2) is 22.7 Å². The Labute approximate surface area is 184 Å². The minimum Gasteiger partial charge on any atom is -0.478 e. The molecule has 33 heavy (non-hydrogen) atoms. The highest BCUT2D eigenvalue weighted by Gasteiger charge is 2.38. The molecule has 0 unspecified atom stereocenters. The number of aromatic carboxylic acids is 1. The van der Waals surface area contributed by atoms with Crippen molar-refractivity contribution in [1.82, 2.24) is 4.72 Å². The lowest BCUT2D eigenvalue weighted by molar-refractivity contribution is -0.192. The average molecular weight is 490 g/mol. The number of sulfonamides is 1. The van der Waals surface area contributed by atoms with Crippen LogP contribution in [0, 0.1) is 5.41 Å². The number of carboxylic acid groups (broad SMARTS) is 2. The van der Waals surface area contributed by atoms with Crippen LogP contribution in [0.15, 0.2) is 53.4 Å². The van der Waals surface area contributed by atoms with Crippen LogP contribution >= 0.6 is 0 Å². The first kappa shape index (κ1) is 27.1. The number of aliphatic carboxylic acids is 1. The van der Waals surface area contributed by atoms with E-state index in [2.05, 4.69) is 10.0 Å². The van der Waals surface area contributed by atoms with Gasteiger partial charge in [0.05, 0.1) is 17.0 Å². The highest BCUT2D eigenvalue weighted by molar-refractivity contribution is 7.89. The molecule has 0 saturated heterocycles. The molecule has 0 heterocycles. The van der Waals surface area contributed by atoms with Crippen LogP contribution in [0.3, 0.4) is 0 Å². The molecule has 7 N–H and O–H groups in total. The molecule has 0 spiro atoms. The van der Waals surface area contributed by atoms with Crippen molar-refractivity contribution >= 4 is 39.4 Å². The second-order valence-corrected chi connectivity index (χ2v) is 7.77. The van der Waals surface area contributed by atoms with Gasteiger partial charge in [-0.05, 0) is 42.5 Å². The molecule has 0 atom stereocenters. The number of anilines is 1. The first-order valence-electron chi connectivity index (χ1n) is 8.51. The van der Waals surface area contributed by atoms with Crippen molar-refractivity contribution in [3.8, 4) is 0 Å². The molecule has 2 aromatic carbocycles. The van der Waals surface area contributed by atoms with Gasteiger partial charge in [-0.2, -0.15) is 13.2 Å². The van der Waals surface area contributed by atoms with E-state index < -0.39 is 40.6 Å². The van der Waals surface area contributed by atoms with Gasteiger partial charge in [0.25, 0.3) is 0 Å². The van der Waals surface area contributed by atoms with Crippen molar-refractivity contribution in [1.29, 1.82) is 5.41 Å². The summed E-state index contributed by atoms with van der Waals surface area (Å²) in [6.45, 7) is -0.534. The molecule has 15 heteroatoms. The van der Waals surface area contributed by atoms with Crippen LogP contribution in [0.5, 0.6) is 0 Å². The molecule has 0 fully saturated rings. The van der Waals surface area contributed by atoms with E-state index in [9.17, 15) is 31.2 Å². The maximum atomic E-state index is 12.2. The lowest BCUT2D eigenvalue weighted by atomic mass is 10.2.